The van der Waals surface area contributed by atoms with Crippen molar-refractivity contribution in [2.45, 2.75) is 25.5 Å². The van der Waals surface area contributed by atoms with Crippen molar-refractivity contribution in [3.05, 3.63) is 56.8 Å². The van der Waals surface area contributed by atoms with E-state index in [9.17, 15) is 14.9 Å². The molecule has 0 unspecified atom stereocenters. The van der Waals surface area contributed by atoms with Crippen LogP contribution in [0.4, 0.5) is 11.4 Å². The van der Waals surface area contributed by atoms with E-state index >= 15 is 0 Å². The molecule has 8 heteroatoms. The van der Waals surface area contributed by atoms with Crippen LogP contribution in [0, 0.1) is 10.1 Å². The highest BCUT2D eigenvalue weighted by molar-refractivity contribution is 7.09. The molecule has 1 aromatic heterocycles. The SMILES string of the molecule is O=C(CN(Cc1cccs1)C[C@H]1CCCO1)Nc1ccc([N+](=O)[O-])cc1. The molecule has 0 radical (unpaired) electrons. The highest BCUT2D eigenvalue weighted by atomic mass is 32.1. The third-order valence-electron chi connectivity index (χ3n) is 4.17. The first-order chi connectivity index (χ1) is 12.6. The molecule has 1 aliphatic rings. The van der Waals surface area contributed by atoms with Gasteiger partial charge < -0.3 is 10.1 Å². The first kappa shape index (κ1) is 18.5. The Labute approximate surface area is 155 Å². The van der Waals surface area contributed by atoms with Crippen LogP contribution < -0.4 is 5.32 Å². The second-order valence-electron chi connectivity index (χ2n) is 6.24. The van der Waals surface area contributed by atoms with Crippen LogP contribution in [-0.2, 0) is 16.1 Å². The van der Waals surface area contributed by atoms with Gasteiger partial charge in [-0.2, -0.15) is 0 Å². The van der Waals surface area contributed by atoms with E-state index in [2.05, 4.69) is 16.3 Å². The minimum atomic E-state index is -0.462. The number of anilines is 1. The summed E-state index contributed by atoms with van der Waals surface area (Å²) in [5.41, 5.74) is 0.550. The number of nitrogens with one attached hydrogen (secondary N) is 1. The summed E-state index contributed by atoms with van der Waals surface area (Å²) in [5.74, 6) is -0.145. The quantitative estimate of drug-likeness (QED) is 0.565. The molecule has 1 atom stereocenters. The summed E-state index contributed by atoms with van der Waals surface area (Å²) in [6, 6.07) is 9.90. The average Bonchev–Trinajstić information content (AvgIpc) is 3.29. The fourth-order valence-corrected chi connectivity index (χ4v) is 3.70. The second-order valence-corrected chi connectivity index (χ2v) is 7.27. The van der Waals surface area contributed by atoms with Crippen molar-refractivity contribution in [1.29, 1.82) is 0 Å². The van der Waals surface area contributed by atoms with E-state index in [0.29, 0.717) is 18.8 Å². The Morgan fingerprint density at radius 2 is 2.15 bits per heavy atom. The predicted octanol–water partition coefficient (Wildman–Crippen LogP) is 3.28. The van der Waals surface area contributed by atoms with Gasteiger partial charge >= 0.3 is 0 Å². The summed E-state index contributed by atoms with van der Waals surface area (Å²) in [7, 11) is 0. The number of ether oxygens (including phenoxy) is 1. The Hall–Kier alpha value is -2.29. The van der Waals surface area contributed by atoms with Crippen LogP contribution in [0.25, 0.3) is 0 Å². The molecule has 0 spiro atoms. The number of amides is 1. The Morgan fingerprint density at radius 3 is 2.77 bits per heavy atom. The van der Waals surface area contributed by atoms with Crippen molar-refractivity contribution in [2.24, 2.45) is 0 Å². The zero-order valence-corrected chi connectivity index (χ0v) is 15.1. The number of nitro benzene ring substituents is 1. The standard InChI is InChI=1S/C18H21N3O4S/c22-18(19-14-5-7-15(8-6-14)21(23)24)13-20(11-16-3-1-9-25-16)12-17-4-2-10-26-17/h2,4-8,10,16H,1,3,9,11-13H2,(H,19,22)/t16-/m1/s1. The van der Waals surface area contributed by atoms with E-state index in [0.717, 1.165) is 19.4 Å². The Balaban J connectivity index is 1.58. The Morgan fingerprint density at radius 1 is 1.35 bits per heavy atom. The molecule has 1 amide bonds. The van der Waals surface area contributed by atoms with Crippen LogP contribution in [0.2, 0.25) is 0 Å². The number of carbonyl (C=O) groups is 1. The van der Waals surface area contributed by atoms with Crippen LogP contribution in [0.5, 0.6) is 0 Å². The normalized spacial score (nSPS) is 16.7. The lowest BCUT2D eigenvalue weighted by Gasteiger charge is -2.24. The van der Waals surface area contributed by atoms with Crippen LogP contribution in [0.3, 0.4) is 0 Å². The van der Waals surface area contributed by atoms with Crippen LogP contribution >= 0.6 is 11.3 Å². The Bertz CT molecular complexity index is 727. The number of nitrogens with zero attached hydrogens (tertiary/aromatic N) is 2. The summed E-state index contributed by atoms with van der Waals surface area (Å²) in [5, 5.41) is 15.5. The van der Waals surface area contributed by atoms with Crippen molar-refractivity contribution in [3.8, 4) is 0 Å². The molecule has 2 heterocycles. The van der Waals surface area contributed by atoms with Crippen molar-refractivity contribution in [3.63, 3.8) is 0 Å². The number of non-ortho nitro benzene ring substituents is 1. The number of rotatable bonds is 8. The van der Waals surface area contributed by atoms with Gasteiger partial charge in [0.25, 0.3) is 5.69 Å². The van der Waals surface area contributed by atoms with E-state index < -0.39 is 4.92 Å². The van der Waals surface area contributed by atoms with Gasteiger partial charge in [-0.25, -0.2) is 0 Å². The number of thiophene rings is 1. The summed E-state index contributed by atoms with van der Waals surface area (Å²) in [6.45, 7) is 2.44. The third-order valence-corrected chi connectivity index (χ3v) is 5.04. The number of hydrogen-bond acceptors (Lipinski definition) is 6. The maximum Gasteiger partial charge on any atom is 0.269 e. The van der Waals surface area contributed by atoms with Gasteiger partial charge in [0.05, 0.1) is 17.6 Å². The molecule has 1 saturated heterocycles. The third kappa shape index (κ3) is 5.35. The summed E-state index contributed by atoms with van der Waals surface area (Å²) < 4.78 is 5.70. The molecule has 3 rings (SSSR count). The van der Waals surface area contributed by atoms with Crippen molar-refractivity contribution >= 4 is 28.6 Å². The van der Waals surface area contributed by atoms with Gasteiger partial charge in [-0.05, 0) is 36.4 Å². The fourth-order valence-electron chi connectivity index (χ4n) is 2.95. The molecule has 7 nitrogen and oxygen atoms in total. The van der Waals surface area contributed by atoms with Crippen LogP contribution in [0.15, 0.2) is 41.8 Å². The molecule has 0 saturated carbocycles. The zero-order chi connectivity index (χ0) is 18.4. The minimum Gasteiger partial charge on any atom is -0.377 e. The van der Waals surface area contributed by atoms with E-state index in [4.69, 9.17) is 4.74 Å². The van der Waals surface area contributed by atoms with Gasteiger partial charge in [-0.3, -0.25) is 19.8 Å². The second kappa shape index (κ2) is 8.88. The number of benzene rings is 1. The zero-order valence-electron chi connectivity index (χ0n) is 14.3. The van der Waals surface area contributed by atoms with Crippen molar-refractivity contribution in [1.82, 2.24) is 4.90 Å². The molecule has 0 aliphatic carbocycles. The first-order valence-corrected chi connectivity index (χ1v) is 9.39. The smallest absolute Gasteiger partial charge is 0.269 e. The summed E-state index contributed by atoms with van der Waals surface area (Å²) in [6.07, 6.45) is 2.25. The molecular weight excluding hydrogens is 354 g/mol. The first-order valence-electron chi connectivity index (χ1n) is 8.51. The van der Waals surface area contributed by atoms with Gasteiger partial charge in [0.1, 0.15) is 0 Å². The summed E-state index contributed by atoms with van der Waals surface area (Å²) in [4.78, 5) is 25.9. The maximum atomic E-state index is 12.4. The molecule has 138 valence electrons. The van der Waals surface area contributed by atoms with Crippen LogP contribution in [-0.4, -0.2) is 41.5 Å². The molecular formula is C18H21N3O4S. The molecule has 26 heavy (non-hydrogen) atoms. The van der Waals surface area contributed by atoms with Crippen LogP contribution in [0.1, 0.15) is 17.7 Å². The predicted molar refractivity (Wildman–Crippen MR) is 100 cm³/mol. The highest BCUT2D eigenvalue weighted by Crippen LogP contribution is 2.18. The largest absolute Gasteiger partial charge is 0.377 e. The minimum absolute atomic E-state index is 0.000651. The van der Waals surface area contributed by atoms with Gasteiger partial charge in [-0.15, -0.1) is 11.3 Å². The van der Waals surface area contributed by atoms with E-state index in [1.54, 1.807) is 23.5 Å². The molecule has 1 N–H and O–H groups in total. The van der Waals surface area contributed by atoms with E-state index in [-0.39, 0.29) is 24.2 Å². The highest BCUT2D eigenvalue weighted by Gasteiger charge is 2.21. The van der Waals surface area contributed by atoms with Gasteiger partial charge in [0.2, 0.25) is 5.91 Å². The van der Waals surface area contributed by atoms with E-state index in [1.165, 1.54) is 17.0 Å². The topological polar surface area (TPSA) is 84.7 Å². The Kier molecular flexibility index (Phi) is 6.32. The van der Waals surface area contributed by atoms with Crippen molar-refractivity contribution < 1.29 is 14.5 Å². The van der Waals surface area contributed by atoms with E-state index in [1.807, 2.05) is 11.4 Å². The molecule has 1 aromatic carbocycles. The van der Waals surface area contributed by atoms with Crippen molar-refractivity contribution in [2.75, 3.05) is 25.0 Å². The van der Waals surface area contributed by atoms with Gasteiger partial charge in [0, 0.05) is 42.4 Å². The molecule has 1 fully saturated rings. The molecule has 2 aromatic rings. The maximum absolute atomic E-state index is 12.4. The molecule has 0 bridgehead atoms. The average molecular weight is 375 g/mol. The summed E-state index contributed by atoms with van der Waals surface area (Å²) >= 11 is 1.67. The number of nitro groups is 1. The number of hydrogen-bond donors (Lipinski definition) is 1. The monoisotopic (exact) mass is 375 g/mol. The lowest BCUT2D eigenvalue weighted by atomic mass is 10.2. The molecule has 1 aliphatic heterocycles. The lowest BCUT2D eigenvalue weighted by Crippen LogP contribution is -2.37. The lowest BCUT2D eigenvalue weighted by molar-refractivity contribution is -0.384. The van der Waals surface area contributed by atoms with Gasteiger partial charge in [0.15, 0.2) is 0 Å². The fraction of sp³-hybridized carbons (Fsp3) is 0.389. The van der Waals surface area contributed by atoms with Gasteiger partial charge in [-0.1, -0.05) is 6.07 Å². The number of carbonyl (C=O) groups excluding carboxylic acids is 1.